The van der Waals surface area contributed by atoms with Crippen molar-refractivity contribution in [1.82, 2.24) is 0 Å². The van der Waals surface area contributed by atoms with Gasteiger partial charge in [-0.15, -0.1) is 0 Å². The van der Waals surface area contributed by atoms with Gasteiger partial charge in [-0.1, -0.05) is 30.3 Å². The van der Waals surface area contributed by atoms with Crippen molar-refractivity contribution in [3.8, 4) is 0 Å². The maximum Gasteiger partial charge on any atom is 0.106 e. The Kier molecular flexibility index (Phi) is 3.01. The van der Waals surface area contributed by atoms with Gasteiger partial charge in [-0.3, -0.25) is 0 Å². The Labute approximate surface area is 119 Å². The summed E-state index contributed by atoms with van der Waals surface area (Å²) < 4.78 is 5.77. The molecular weight excluding hydrogens is 248 g/mol. The van der Waals surface area contributed by atoms with Crippen molar-refractivity contribution in [3.05, 3.63) is 47.0 Å². The number of hydrogen-bond donors (Lipinski definition) is 1. The molecule has 1 aliphatic carbocycles. The molecule has 1 heterocycles. The van der Waals surface area contributed by atoms with E-state index < -0.39 is 6.10 Å². The molecule has 0 bridgehead atoms. The summed E-state index contributed by atoms with van der Waals surface area (Å²) in [6.07, 6.45) is 4.96. The summed E-state index contributed by atoms with van der Waals surface area (Å²) in [6, 6.07) is 10.8. The third-order valence-electron chi connectivity index (χ3n) is 4.80. The molecule has 1 aliphatic heterocycles. The molecule has 2 unspecified atom stereocenters. The maximum absolute atomic E-state index is 10.7. The van der Waals surface area contributed by atoms with Crippen molar-refractivity contribution < 1.29 is 9.84 Å². The van der Waals surface area contributed by atoms with Gasteiger partial charge in [0.2, 0.25) is 0 Å². The molecule has 4 rings (SSSR count). The van der Waals surface area contributed by atoms with E-state index in [0.29, 0.717) is 0 Å². The van der Waals surface area contributed by atoms with Crippen LogP contribution >= 0.6 is 0 Å². The van der Waals surface area contributed by atoms with Gasteiger partial charge in [0.1, 0.15) is 6.10 Å². The summed E-state index contributed by atoms with van der Waals surface area (Å²) in [5, 5.41) is 13.3. The van der Waals surface area contributed by atoms with Crippen molar-refractivity contribution in [2.75, 3.05) is 6.61 Å². The normalized spacial score (nSPS) is 23.1. The molecular formula is C18H20O2. The number of rotatable bonds is 2. The molecule has 0 radical (unpaired) electrons. The van der Waals surface area contributed by atoms with Crippen LogP contribution in [0.5, 0.6) is 0 Å². The van der Waals surface area contributed by atoms with Crippen molar-refractivity contribution in [2.45, 2.75) is 44.3 Å². The highest BCUT2D eigenvalue weighted by atomic mass is 16.5. The highest BCUT2D eigenvalue weighted by Crippen LogP contribution is 2.37. The van der Waals surface area contributed by atoms with Gasteiger partial charge in [0.25, 0.3) is 0 Å². The van der Waals surface area contributed by atoms with Gasteiger partial charge in [-0.2, -0.15) is 0 Å². The van der Waals surface area contributed by atoms with Gasteiger partial charge in [0.15, 0.2) is 0 Å². The molecule has 1 saturated heterocycles. The third kappa shape index (κ3) is 1.87. The molecule has 2 aromatic carbocycles. The molecule has 1 fully saturated rings. The van der Waals surface area contributed by atoms with Crippen LogP contribution in [0, 0.1) is 0 Å². The molecule has 2 aliphatic rings. The number of aryl methyl sites for hydroxylation is 2. The second-order valence-corrected chi connectivity index (χ2v) is 6.00. The van der Waals surface area contributed by atoms with E-state index in [1.807, 2.05) is 0 Å². The van der Waals surface area contributed by atoms with Gasteiger partial charge >= 0.3 is 0 Å². The lowest BCUT2D eigenvalue weighted by molar-refractivity contribution is -0.0628. The molecule has 0 spiro atoms. The maximum atomic E-state index is 10.7. The minimum Gasteiger partial charge on any atom is -0.386 e. The largest absolute Gasteiger partial charge is 0.386 e. The first-order valence-electron chi connectivity index (χ1n) is 7.67. The molecule has 104 valence electrons. The Morgan fingerprint density at radius 1 is 1.05 bits per heavy atom. The molecule has 0 aromatic heterocycles. The Morgan fingerprint density at radius 2 is 1.90 bits per heavy atom. The molecule has 0 saturated carbocycles. The number of aliphatic hydroxyl groups is 1. The molecule has 2 heteroatoms. The predicted octanol–water partition coefficient (Wildman–Crippen LogP) is 3.54. The van der Waals surface area contributed by atoms with Crippen LogP contribution in [0.4, 0.5) is 0 Å². The van der Waals surface area contributed by atoms with Crippen molar-refractivity contribution in [1.29, 1.82) is 0 Å². The van der Waals surface area contributed by atoms with E-state index in [1.165, 1.54) is 21.9 Å². The highest BCUT2D eigenvalue weighted by molar-refractivity contribution is 5.93. The van der Waals surface area contributed by atoms with Crippen LogP contribution in [0.15, 0.2) is 30.3 Å². The summed E-state index contributed by atoms with van der Waals surface area (Å²) in [6.45, 7) is 0.781. The summed E-state index contributed by atoms with van der Waals surface area (Å²) >= 11 is 0. The minimum atomic E-state index is -0.500. The zero-order valence-electron chi connectivity index (χ0n) is 11.6. The number of hydrogen-bond acceptors (Lipinski definition) is 2. The van der Waals surface area contributed by atoms with E-state index in [1.54, 1.807) is 0 Å². The van der Waals surface area contributed by atoms with Crippen LogP contribution in [-0.4, -0.2) is 17.8 Å². The second-order valence-electron chi connectivity index (χ2n) is 6.00. The second kappa shape index (κ2) is 4.87. The van der Waals surface area contributed by atoms with Crippen LogP contribution in [0.25, 0.3) is 10.8 Å². The Balaban J connectivity index is 1.80. The summed E-state index contributed by atoms with van der Waals surface area (Å²) in [5.74, 6) is 0. The first kappa shape index (κ1) is 12.4. The SMILES string of the molecule is OC(c1ccc2c3c(cccc13)CC2)C1CCCCO1. The van der Waals surface area contributed by atoms with Crippen LogP contribution in [-0.2, 0) is 17.6 Å². The average molecular weight is 268 g/mol. The monoisotopic (exact) mass is 268 g/mol. The summed E-state index contributed by atoms with van der Waals surface area (Å²) in [7, 11) is 0. The fourth-order valence-corrected chi connectivity index (χ4v) is 3.74. The standard InChI is InChI=1S/C18H20O2/c19-18(16-6-1-2-11-20-16)15-10-9-13-8-7-12-4-3-5-14(15)17(12)13/h3-5,9-10,16,18-19H,1-2,6-8,11H2. The minimum absolute atomic E-state index is 0.0396. The van der Waals surface area contributed by atoms with Gasteiger partial charge in [0, 0.05) is 6.61 Å². The first-order valence-corrected chi connectivity index (χ1v) is 7.67. The van der Waals surface area contributed by atoms with Gasteiger partial charge in [-0.05, 0) is 59.6 Å². The van der Waals surface area contributed by atoms with Crippen molar-refractivity contribution in [3.63, 3.8) is 0 Å². The Morgan fingerprint density at radius 3 is 2.70 bits per heavy atom. The number of benzene rings is 2. The average Bonchev–Trinajstić information content (AvgIpc) is 2.93. The van der Waals surface area contributed by atoms with Crippen LogP contribution in [0.1, 0.15) is 42.1 Å². The van der Waals surface area contributed by atoms with Gasteiger partial charge < -0.3 is 9.84 Å². The Bertz CT molecular complexity index is 631. The zero-order valence-corrected chi connectivity index (χ0v) is 11.6. The van der Waals surface area contributed by atoms with Crippen LogP contribution < -0.4 is 0 Å². The lowest BCUT2D eigenvalue weighted by Gasteiger charge is -2.28. The predicted molar refractivity (Wildman–Crippen MR) is 79.9 cm³/mol. The molecule has 20 heavy (non-hydrogen) atoms. The fourth-order valence-electron chi connectivity index (χ4n) is 3.74. The van der Waals surface area contributed by atoms with Crippen LogP contribution in [0.3, 0.4) is 0 Å². The van der Waals surface area contributed by atoms with E-state index in [2.05, 4.69) is 30.3 Å². The lowest BCUT2D eigenvalue weighted by Crippen LogP contribution is -2.26. The summed E-state index contributed by atoms with van der Waals surface area (Å²) in [5.41, 5.74) is 3.90. The molecule has 2 aromatic rings. The summed E-state index contributed by atoms with van der Waals surface area (Å²) in [4.78, 5) is 0. The van der Waals surface area contributed by atoms with Crippen LogP contribution in [0.2, 0.25) is 0 Å². The molecule has 0 amide bonds. The van der Waals surface area contributed by atoms with E-state index in [0.717, 1.165) is 44.3 Å². The number of aliphatic hydroxyl groups excluding tert-OH is 1. The van der Waals surface area contributed by atoms with Gasteiger partial charge in [0.05, 0.1) is 6.10 Å². The van der Waals surface area contributed by atoms with E-state index in [-0.39, 0.29) is 6.10 Å². The zero-order chi connectivity index (χ0) is 13.5. The topological polar surface area (TPSA) is 29.5 Å². The highest BCUT2D eigenvalue weighted by Gasteiger charge is 2.26. The molecule has 2 atom stereocenters. The number of ether oxygens (including phenoxy) is 1. The quantitative estimate of drug-likeness (QED) is 0.902. The van der Waals surface area contributed by atoms with E-state index >= 15 is 0 Å². The van der Waals surface area contributed by atoms with Gasteiger partial charge in [-0.25, -0.2) is 0 Å². The third-order valence-corrected chi connectivity index (χ3v) is 4.80. The first-order chi connectivity index (χ1) is 9.84. The fraction of sp³-hybridized carbons (Fsp3) is 0.444. The lowest BCUT2D eigenvalue weighted by atomic mass is 9.92. The molecule has 2 nitrogen and oxygen atoms in total. The smallest absolute Gasteiger partial charge is 0.106 e. The Hall–Kier alpha value is -1.38. The van der Waals surface area contributed by atoms with E-state index in [4.69, 9.17) is 4.74 Å². The van der Waals surface area contributed by atoms with Crippen molar-refractivity contribution in [2.24, 2.45) is 0 Å². The van der Waals surface area contributed by atoms with Crippen molar-refractivity contribution >= 4 is 10.8 Å². The van der Waals surface area contributed by atoms with E-state index in [9.17, 15) is 5.11 Å². The molecule has 1 N–H and O–H groups in total.